The van der Waals surface area contributed by atoms with Crippen molar-refractivity contribution in [3.63, 3.8) is 0 Å². The van der Waals surface area contributed by atoms with Crippen LogP contribution in [0, 0.1) is 5.41 Å². The lowest BCUT2D eigenvalue weighted by Crippen LogP contribution is -2.40. The summed E-state index contributed by atoms with van der Waals surface area (Å²) in [5, 5.41) is 9.29. The van der Waals surface area contributed by atoms with E-state index in [1.165, 1.54) is 0 Å². The highest BCUT2D eigenvalue weighted by Crippen LogP contribution is 2.31. The standard InChI is InChI=1S/C12H19N3O/c1-12(9-16)4-6-15(7-5-12)11-3-2-10(13)8-14-11/h2-3,8,16H,4-7,9,13H2,1H3. The second kappa shape index (κ2) is 4.29. The van der Waals surface area contributed by atoms with Gasteiger partial charge in [0.25, 0.3) is 0 Å². The second-order valence-corrected chi connectivity index (χ2v) is 4.91. The fourth-order valence-corrected chi connectivity index (χ4v) is 2.02. The zero-order chi connectivity index (χ0) is 11.6. The Morgan fingerprint density at radius 1 is 1.44 bits per heavy atom. The molecule has 2 rings (SSSR count). The Labute approximate surface area is 96.1 Å². The van der Waals surface area contributed by atoms with Crippen molar-refractivity contribution in [3.05, 3.63) is 18.3 Å². The van der Waals surface area contributed by atoms with Crippen LogP contribution < -0.4 is 10.6 Å². The van der Waals surface area contributed by atoms with E-state index in [2.05, 4.69) is 16.8 Å². The monoisotopic (exact) mass is 221 g/mol. The zero-order valence-corrected chi connectivity index (χ0v) is 9.69. The van der Waals surface area contributed by atoms with Gasteiger partial charge in [-0.15, -0.1) is 0 Å². The Kier molecular flexibility index (Phi) is 3.01. The molecule has 0 radical (unpaired) electrons. The maximum Gasteiger partial charge on any atom is 0.128 e. The van der Waals surface area contributed by atoms with Crippen molar-refractivity contribution in [1.29, 1.82) is 0 Å². The van der Waals surface area contributed by atoms with Gasteiger partial charge in [0, 0.05) is 19.7 Å². The van der Waals surface area contributed by atoms with Gasteiger partial charge in [0.15, 0.2) is 0 Å². The van der Waals surface area contributed by atoms with Crippen molar-refractivity contribution in [2.24, 2.45) is 5.41 Å². The van der Waals surface area contributed by atoms with Gasteiger partial charge in [-0.1, -0.05) is 6.92 Å². The third-order valence-electron chi connectivity index (χ3n) is 3.45. The van der Waals surface area contributed by atoms with Crippen molar-refractivity contribution in [2.45, 2.75) is 19.8 Å². The van der Waals surface area contributed by atoms with E-state index in [1.807, 2.05) is 12.1 Å². The molecule has 0 atom stereocenters. The van der Waals surface area contributed by atoms with Crippen molar-refractivity contribution in [3.8, 4) is 0 Å². The average molecular weight is 221 g/mol. The highest BCUT2D eigenvalue weighted by Gasteiger charge is 2.29. The number of nitrogen functional groups attached to an aromatic ring is 1. The van der Waals surface area contributed by atoms with E-state index in [0.717, 1.165) is 31.7 Å². The molecule has 0 saturated carbocycles. The first-order valence-electron chi connectivity index (χ1n) is 5.70. The number of pyridine rings is 1. The van der Waals surface area contributed by atoms with E-state index in [0.29, 0.717) is 5.69 Å². The number of aromatic nitrogens is 1. The smallest absolute Gasteiger partial charge is 0.128 e. The molecule has 2 heterocycles. The number of nitrogens with two attached hydrogens (primary N) is 1. The SMILES string of the molecule is CC1(CO)CCN(c2ccc(N)cn2)CC1. The summed E-state index contributed by atoms with van der Waals surface area (Å²) in [6, 6.07) is 3.83. The summed E-state index contributed by atoms with van der Waals surface area (Å²) in [5.41, 5.74) is 6.39. The summed E-state index contributed by atoms with van der Waals surface area (Å²) in [4.78, 5) is 6.56. The number of hydrogen-bond donors (Lipinski definition) is 2. The number of rotatable bonds is 2. The summed E-state index contributed by atoms with van der Waals surface area (Å²) in [6.07, 6.45) is 3.71. The lowest BCUT2D eigenvalue weighted by atomic mass is 9.81. The van der Waals surface area contributed by atoms with Gasteiger partial charge in [-0.3, -0.25) is 0 Å². The van der Waals surface area contributed by atoms with E-state index in [9.17, 15) is 5.11 Å². The normalized spacial score (nSPS) is 19.8. The molecule has 4 nitrogen and oxygen atoms in total. The van der Waals surface area contributed by atoms with Gasteiger partial charge in [0.05, 0.1) is 11.9 Å². The second-order valence-electron chi connectivity index (χ2n) is 4.91. The molecule has 3 N–H and O–H groups in total. The minimum atomic E-state index is 0.0876. The van der Waals surface area contributed by atoms with Crippen molar-refractivity contribution >= 4 is 11.5 Å². The Hall–Kier alpha value is -1.29. The first-order valence-corrected chi connectivity index (χ1v) is 5.70. The molecule has 1 aliphatic heterocycles. The van der Waals surface area contributed by atoms with Crippen LogP contribution in [0.4, 0.5) is 11.5 Å². The highest BCUT2D eigenvalue weighted by molar-refractivity contribution is 5.46. The molecule has 0 spiro atoms. The van der Waals surface area contributed by atoms with Crippen LogP contribution in [0.3, 0.4) is 0 Å². The van der Waals surface area contributed by atoms with Crippen LogP contribution in [-0.4, -0.2) is 29.8 Å². The van der Waals surface area contributed by atoms with Crippen LogP contribution in [0.2, 0.25) is 0 Å². The highest BCUT2D eigenvalue weighted by atomic mass is 16.3. The molecule has 4 heteroatoms. The molecule has 0 aliphatic carbocycles. The molecule has 0 unspecified atom stereocenters. The predicted octanol–water partition coefficient (Wildman–Crippen LogP) is 1.26. The average Bonchev–Trinajstić information content (AvgIpc) is 2.32. The molecule has 88 valence electrons. The fraction of sp³-hybridized carbons (Fsp3) is 0.583. The number of aliphatic hydroxyl groups excluding tert-OH is 1. The van der Waals surface area contributed by atoms with Crippen molar-refractivity contribution < 1.29 is 5.11 Å². The van der Waals surface area contributed by atoms with Gasteiger partial charge in [-0.05, 0) is 30.4 Å². The quantitative estimate of drug-likeness (QED) is 0.789. The summed E-state index contributed by atoms with van der Waals surface area (Å²) in [7, 11) is 0. The Morgan fingerprint density at radius 3 is 2.62 bits per heavy atom. The summed E-state index contributed by atoms with van der Waals surface area (Å²) >= 11 is 0. The van der Waals surface area contributed by atoms with Crippen LogP contribution >= 0.6 is 0 Å². The molecule has 0 amide bonds. The van der Waals surface area contributed by atoms with Gasteiger partial charge >= 0.3 is 0 Å². The van der Waals surface area contributed by atoms with E-state index in [1.54, 1.807) is 6.20 Å². The molecular formula is C12H19N3O. The fourth-order valence-electron chi connectivity index (χ4n) is 2.02. The van der Waals surface area contributed by atoms with E-state index in [-0.39, 0.29) is 12.0 Å². The van der Waals surface area contributed by atoms with E-state index < -0.39 is 0 Å². The first kappa shape index (κ1) is 11.2. The molecule has 16 heavy (non-hydrogen) atoms. The molecule has 0 aromatic carbocycles. The third-order valence-corrected chi connectivity index (χ3v) is 3.45. The van der Waals surface area contributed by atoms with Crippen LogP contribution in [-0.2, 0) is 0 Å². The topological polar surface area (TPSA) is 62.4 Å². The first-order chi connectivity index (χ1) is 7.63. The minimum Gasteiger partial charge on any atom is -0.397 e. The number of nitrogens with zero attached hydrogens (tertiary/aromatic N) is 2. The number of aliphatic hydroxyl groups is 1. The summed E-state index contributed by atoms with van der Waals surface area (Å²) in [5.74, 6) is 0.981. The van der Waals surface area contributed by atoms with Crippen LogP contribution in [0.15, 0.2) is 18.3 Å². The van der Waals surface area contributed by atoms with Gasteiger partial charge in [0.1, 0.15) is 5.82 Å². The van der Waals surface area contributed by atoms with Crippen LogP contribution in [0.5, 0.6) is 0 Å². The molecule has 0 bridgehead atoms. The van der Waals surface area contributed by atoms with E-state index in [4.69, 9.17) is 5.73 Å². The Balaban J connectivity index is 2.01. The van der Waals surface area contributed by atoms with Gasteiger partial charge in [-0.25, -0.2) is 4.98 Å². The Bertz CT molecular complexity index is 342. The molecule has 1 aromatic rings. The van der Waals surface area contributed by atoms with Gasteiger partial charge in [-0.2, -0.15) is 0 Å². The van der Waals surface area contributed by atoms with Crippen molar-refractivity contribution in [2.75, 3.05) is 30.3 Å². The van der Waals surface area contributed by atoms with Crippen LogP contribution in [0.25, 0.3) is 0 Å². The molecule has 1 fully saturated rings. The van der Waals surface area contributed by atoms with Gasteiger partial charge in [0.2, 0.25) is 0 Å². The van der Waals surface area contributed by atoms with Crippen molar-refractivity contribution in [1.82, 2.24) is 4.98 Å². The summed E-state index contributed by atoms with van der Waals surface area (Å²) < 4.78 is 0. The molecular weight excluding hydrogens is 202 g/mol. The van der Waals surface area contributed by atoms with Crippen LogP contribution in [0.1, 0.15) is 19.8 Å². The predicted molar refractivity (Wildman–Crippen MR) is 65.3 cm³/mol. The van der Waals surface area contributed by atoms with Gasteiger partial charge < -0.3 is 15.7 Å². The lowest BCUT2D eigenvalue weighted by Gasteiger charge is -2.38. The zero-order valence-electron chi connectivity index (χ0n) is 9.69. The molecule has 1 aromatic heterocycles. The number of anilines is 2. The maximum atomic E-state index is 9.29. The molecule has 1 aliphatic rings. The number of piperidine rings is 1. The van der Waals surface area contributed by atoms with E-state index >= 15 is 0 Å². The third kappa shape index (κ3) is 2.27. The largest absolute Gasteiger partial charge is 0.397 e. The maximum absolute atomic E-state index is 9.29. The molecule has 1 saturated heterocycles. The Morgan fingerprint density at radius 2 is 2.12 bits per heavy atom. The minimum absolute atomic E-state index is 0.0876. The number of hydrogen-bond acceptors (Lipinski definition) is 4. The summed E-state index contributed by atoms with van der Waals surface area (Å²) in [6.45, 7) is 4.32. The lowest BCUT2D eigenvalue weighted by molar-refractivity contribution is 0.114.